The van der Waals surface area contributed by atoms with E-state index in [-0.39, 0.29) is 80.4 Å². The fourth-order valence-corrected chi connectivity index (χ4v) is 12.4. The second-order valence-corrected chi connectivity index (χ2v) is 25.2. The number of nitrogens with one attached hydrogen (secondary N) is 1. The quantitative estimate of drug-likeness (QED) is 0.0374. The van der Waals surface area contributed by atoms with E-state index < -0.39 is 40.3 Å². The molecule has 0 aliphatic carbocycles. The van der Waals surface area contributed by atoms with Gasteiger partial charge >= 0.3 is 23.6 Å². The lowest BCUT2D eigenvalue weighted by Crippen LogP contribution is -2.39. The Bertz CT molecular complexity index is 5020. The molecule has 7 aromatic carbocycles. The highest BCUT2D eigenvalue weighted by atomic mass is 16.6. The molecule has 13 rings (SSSR count). The summed E-state index contributed by atoms with van der Waals surface area (Å²) in [7, 11) is 0. The molecular weight excluding hydrogens is 1310 g/mol. The molecule has 0 radical (unpaired) electrons. The van der Waals surface area contributed by atoms with Crippen LogP contribution in [0.4, 0.5) is 0 Å². The van der Waals surface area contributed by atoms with Crippen LogP contribution in [-0.2, 0) is 65.4 Å². The Balaban J connectivity index is 0.000000233. The van der Waals surface area contributed by atoms with Crippen LogP contribution < -0.4 is 11.6 Å². The van der Waals surface area contributed by atoms with Gasteiger partial charge in [0.2, 0.25) is 5.82 Å². The third kappa shape index (κ3) is 15.6. The van der Waals surface area contributed by atoms with Crippen LogP contribution in [0.25, 0.3) is 45.0 Å². The van der Waals surface area contributed by atoms with Crippen LogP contribution in [0.3, 0.4) is 0 Å². The van der Waals surface area contributed by atoms with Crippen molar-refractivity contribution in [2.75, 3.05) is 0 Å². The van der Waals surface area contributed by atoms with Gasteiger partial charge in [0, 0.05) is 37.1 Å². The highest BCUT2D eigenvalue weighted by Crippen LogP contribution is 2.44. The van der Waals surface area contributed by atoms with Crippen LogP contribution in [-0.4, -0.2) is 82.1 Å². The highest BCUT2D eigenvalue weighted by Gasteiger charge is 2.43. The number of imidazole rings is 2. The fraction of sp³-hybridized carbons (Fsp3) is 0.266. The predicted octanol–water partition coefficient (Wildman–Crippen LogP) is 13.9. The molecule has 0 fully saturated rings. The molecule has 24 heteroatoms. The number of aryl methyl sites for hydroxylation is 4. The normalized spacial score (nSPS) is 11.5. The van der Waals surface area contributed by atoms with E-state index >= 15 is 0 Å². The first-order valence-corrected chi connectivity index (χ1v) is 33.0. The summed E-state index contributed by atoms with van der Waals surface area (Å²) in [4.78, 5) is 59.7. The van der Waals surface area contributed by atoms with Crippen molar-refractivity contribution in [2.24, 2.45) is 0 Å². The number of nitrogens with zero attached hydrogens (tertiary/aromatic N) is 11. The van der Waals surface area contributed by atoms with Gasteiger partial charge < -0.3 is 46.5 Å². The molecule has 3 N–H and O–H groups in total. The number of carbonyl (C=O) groups is 2. The van der Waals surface area contributed by atoms with Gasteiger partial charge in [0.05, 0.1) is 0 Å². The van der Waals surface area contributed by atoms with Gasteiger partial charge in [0.15, 0.2) is 53.5 Å². The van der Waals surface area contributed by atoms with Crippen molar-refractivity contribution in [2.45, 2.75) is 139 Å². The molecule has 0 saturated carbocycles. The van der Waals surface area contributed by atoms with Gasteiger partial charge in [-0.05, 0) is 120 Å². The Labute approximate surface area is 594 Å². The van der Waals surface area contributed by atoms with Crippen LogP contribution in [0, 0.1) is 13.8 Å². The zero-order valence-electron chi connectivity index (χ0n) is 57.0. The van der Waals surface area contributed by atoms with Crippen LogP contribution in [0.15, 0.2) is 215 Å². The standard InChI is InChI=1S/C48H44N6O6.C29H30N6O6.2CH4/c1-5-17-41-49-43(47(3,4)57)42(45(55)58-31-40-32(2)59-46(56)60-40)53(41)30-33-26-28-34(29-27-33)38-24-15-16-25-39(38)44-50-51-52-54(44)48(35-18-9-6-10-19-35,36-20-11-7-12-21-36)37-22-13-8-14-23-37;1-5-8-23-30-25(29(3,4)38)24(27(36)39-16-22-17(2)40-28(37)41-22)35(23)15-18-11-13-19(14-12-18)20-9-6-7-10-21(20)26-31-33-34-32-26;;/h6-16,18-29,57H,5,17,30-31H2,1-4H3;6-7,9-14,38H,5,8,15-16H2,1-4H3,(H,31,32,33,34);2*1H4. The molecule has 530 valence electrons. The van der Waals surface area contributed by atoms with Gasteiger partial charge in [0.25, 0.3) is 0 Å². The highest BCUT2D eigenvalue weighted by molar-refractivity contribution is 5.90. The number of esters is 2. The van der Waals surface area contributed by atoms with E-state index in [4.69, 9.17) is 42.4 Å². The number of ether oxygens (including phenoxy) is 2. The monoisotopic (exact) mass is 1390 g/mol. The number of aliphatic hydroxyl groups is 2. The lowest BCUT2D eigenvalue weighted by molar-refractivity contribution is 0.0391. The summed E-state index contributed by atoms with van der Waals surface area (Å²) in [5.74, 6) is -0.138. The molecule has 6 heterocycles. The zero-order valence-corrected chi connectivity index (χ0v) is 57.0. The first-order chi connectivity index (χ1) is 48.7. The van der Waals surface area contributed by atoms with E-state index in [0.717, 1.165) is 74.0 Å². The molecule has 0 saturated heterocycles. The number of hydrogen-bond acceptors (Lipinski definition) is 20. The smallest absolute Gasteiger partial charge is 0.453 e. The van der Waals surface area contributed by atoms with Crippen molar-refractivity contribution >= 4 is 11.9 Å². The van der Waals surface area contributed by atoms with Crippen LogP contribution >= 0.6 is 0 Å². The number of aromatic amines is 1. The number of aromatic nitrogens is 12. The molecular formula is C79H82N12O12. The van der Waals surface area contributed by atoms with Crippen LogP contribution in [0.1, 0.15) is 164 Å². The average molecular weight is 1390 g/mol. The second kappa shape index (κ2) is 31.7. The average Bonchev–Trinajstić information content (AvgIpc) is 1.56. The molecule has 0 atom stereocenters. The minimum atomic E-state index is -1.46. The summed E-state index contributed by atoms with van der Waals surface area (Å²) >= 11 is 0. The summed E-state index contributed by atoms with van der Waals surface area (Å²) in [6.45, 7) is 13.4. The zero-order chi connectivity index (χ0) is 71.0. The Kier molecular flexibility index (Phi) is 22.7. The predicted molar refractivity (Wildman–Crippen MR) is 385 cm³/mol. The van der Waals surface area contributed by atoms with Crippen molar-refractivity contribution in [3.63, 3.8) is 0 Å². The van der Waals surface area contributed by atoms with Gasteiger partial charge in [-0.15, -0.1) is 15.3 Å². The number of tetrazole rings is 2. The van der Waals surface area contributed by atoms with Gasteiger partial charge in [-0.2, -0.15) is 5.21 Å². The SMILES string of the molecule is C.C.CCCc1nc(C(C)(C)O)c(C(=O)OCc2oc(=O)oc2C)n1Cc1ccc(-c2ccccc2-c2nn[nH]n2)cc1.CCCc1nc(C(C)(C)O)c(C(=O)OCc2oc(=O)oc2C)n1Cc1ccc(-c2ccccc2-c2nnnn2C(c2ccccc2)(c2ccccc2)c2ccccc2)cc1. The summed E-state index contributed by atoms with van der Waals surface area (Å²) < 4.78 is 36.5. The molecule has 0 spiro atoms. The summed E-state index contributed by atoms with van der Waals surface area (Å²) in [6, 6.07) is 62.7. The van der Waals surface area contributed by atoms with Gasteiger partial charge in [-0.25, -0.2) is 33.8 Å². The fourth-order valence-electron chi connectivity index (χ4n) is 12.4. The van der Waals surface area contributed by atoms with Crippen LogP contribution in [0.5, 0.6) is 0 Å². The number of hydrogen-bond donors (Lipinski definition) is 3. The molecule has 0 unspecified atom stereocenters. The van der Waals surface area contributed by atoms with E-state index in [1.54, 1.807) is 50.7 Å². The topological polar surface area (TPSA) is 313 Å². The number of H-pyrrole nitrogens is 1. The number of benzene rings is 7. The van der Waals surface area contributed by atoms with Gasteiger partial charge in [0.1, 0.15) is 39.8 Å². The Morgan fingerprint density at radius 1 is 0.505 bits per heavy atom. The van der Waals surface area contributed by atoms with E-state index in [1.807, 2.05) is 164 Å². The first-order valence-electron chi connectivity index (χ1n) is 33.0. The molecule has 0 aliphatic rings. The molecule has 6 aromatic heterocycles. The maximum absolute atomic E-state index is 13.8. The molecule has 0 aliphatic heterocycles. The lowest BCUT2D eigenvalue weighted by atomic mass is 9.77. The summed E-state index contributed by atoms with van der Waals surface area (Å²) in [5, 5.41) is 50.3. The van der Waals surface area contributed by atoms with E-state index in [2.05, 4.69) is 73.3 Å². The Morgan fingerprint density at radius 3 is 1.26 bits per heavy atom. The third-order valence-corrected chi connectivity index (χ3v) is 17.2. The lowest BCUT2D eigenvalue weighted by Gasteiger charge is -2.36. The van der Waals surface area contributed by atoms with Crippen molar-refractivity contribution in [1.29, 1.82) is 0 Å². The van der Waals surface area contributed by atoms with E-state index in [0.29, 0.717) is 42.7 Å². The Morgan fingerprint density at radius 2 is 0.893 bits per heavy atom. The van der Waals surface area contributed by atoms with Crippen molar-refractivity contribution in [1.82, 2.24) is 59.9 Å². The molecule has 13 aromatic rings. The van der Waals surface area contributed by atoms with Crippen molar-refractivity contribution in [3.05, 3.63) is 295 Å². The number of rotatable bonds is 24. The molecule has 0 bridgehead atoms. The second-order valence-electron chi connectivity index (χ2n) is 25.2. The molecule has 103 heavy (non-hydrogen) atoms. The summed E-state index contributed by atoms with van der Waals surface area (Å²) in [5.41, 5.74) is 7.11. The largest absolute Gasteiger partial charge is 0.519 e. The molecule has 24 nitrogen and oxygen atoms in total. The minimum absolute atomic E-state index is 0. The Hall–Kier alpha value is -12.0. The number of carbonyl (C=O) groups excluding carboxylic acids is 2. The maximum Gasteiger partial charge on any atom is 0.519 e. The van der Waals surface area contributed by atoms with Gasteiger partial charge in [-0.1, -0.05) is 217 Å². The summed E-state index contributed by atoms with van der Waals surface area (Å²) in [6.07, 6.45) is 2.68. The van der Waals surface area contributed by atoms with E-state index in [1.165, 1.54) is 0 Å². The maximum atomic E-state index is 13.8. The van der Waals surface area contributed by atoms with Crippen LogP contribution in [0.2, 0.25) is 0 Å². The van der Waals surface area contributed by atoms with Crippen molar-refractivity contribution in [3.8, 4) is 45.0 Å². The minimum Gasteiger partial charge on any atom is -0.453 e. The molecule has 0 amide bonds. The van der Waals surface area contributed by atoms with Crippen molar-refractivity contribution < 1.29 is 46.9 Å². The van der Waals surface area contributed by atoms with E-state index in [9.17, 15) is 29.4 Å². The first kappa shape index (κ1) is 73.7. The third-order valence-electron chi connectivity index (χ3n) is 17.2. The van der Waals surface area contributed by atoms with Gasteiger partial charge in [-0.3, -0.25) is 0 Å².